The average Bonchev–Trinajstić information content (AvgIpc) is 2.85. The van der Waals surface area contributed by atoms with E-state index in [1.807, 2.05) is 24.3 Å². The van der Waals surface area contributed by atoms with Crippen molar-refractivity contribution in [2.24, 2.45) is 0 Å². The van der Waals surface area contributed by atoms with E-state index in [0.29, 0.717) is 21.8 Å². The molecule has 1 N–H and O–H groups in total. The summed E-state index contributed by atoms with van der Waals surface area (Å²) >= 11 is 5.83. The predicted octanol–water partition coefficient (Wildman–Crippen LogP) is 3.54. The zero-order chi connectivity index (χ0) is 18.0. The molecule has 0 atom stereocenters. The number of carboxylic acid groups (broad SMARTS) is 1. The highest BCUT2D eigenvalue weighted by atomic mass is 35.5. The molecule has 2 aromatic carbocycles. The number of ketones is 1. The first-order valence-electron chi connectivity index (χ1n) is 7.70. The van der Waals surface area contributed by atoms with Crippen molar-refractivity contribution in [2.45, 2.75) is 13.3 Å². The summed E-state index contributed by atoms with van der Waals surface area (Å²) in [5.41, 5.74) is 2.60. The summed E-state index contributed by atoms with van der Waals surface area (Å²) in [5.74, 6) is -1.10. The van der Waals surface area contributed by atoms with Crippen LogP contribution in [0.2, 0.25) is 5.02 Å². The van der Waals surface area contributed by atoms with Crippen molar-refractivity contribution in [3.05, 3.63) is 70.4 Å². The van der Waals surface area contributed by atoms with E-state index in [1.54, 1.807) is 31.2 Å². The van der Waals surface area contributed by atoms with Gasteiger partial charge in [-0.05, 0) is 42.8 Å². The largest absolute Gasteiger partial charge is 0.481 e. The van der Waals surface area contributed by atoms with E-state index in [4.69, 9.17) is 21.5 Å². The van der Waals surface area contributed by atoms with Gasteiger partial charge >= 0.3 is 5.97 Å². The van der Waals surface area contributed by atoms with Gasteiger partial charge in [-0.15, -0.1) is 0 Å². The number of fused-ring (bicyclic) bond motifs is 1. The molecule has 25 heavy (non-hydrogen) atoms. The van der Waals surface area contributed by atoms with Crippen LogP contribution in [0.15, 0.2) is 48.5 Å². The molecular weight excluding hydrogens is 342 g/mol. The van der Waals surface area contributed by atoms with Gasteiger partial charge in [0.25, 0.3) is 0 Å². The minimum absolute atomic E-state index is 0.103. The van der Waals surface area contributed by atoms with Gasteiger partial charge in [-0.2, -0.15) is 4.73 Å². The average molecular weight is 358 g/mol. The highest BCUT2D eigenvalue weighted by Crippen LogP contribution is 2.25. The Kier molecular flexibility index (Phi) is 4.76. The fourth-order valence-electron chi connectivity index (χ4n) is 2.79. The number of rotatable bonds is 6. The summed E-state index contributed by atoms with van der Waals surface area (Å²) in [6.07, 6.45) is -0.103. The molecule has 0 aliphatic rings. The SMILES string of the molecule is Cc1c(CC(=O)O)c2ccccc2n1OCC(=O)c1ccc(Cl)cc1. The molecule has 0 saturated carbocycles. The first-order chi connectivity index (χ1) is 12.0. The second-order valence-electron chi connectivity index (χ2n) is 5.65. The maximum atomic E-state index is 12.3. The van der Waals surface area contributed by atoms with E-state index in [9.17, 15) is 9.59 Å². The molecule has 0 fully saturated rings. The number of carbonyl (C=O) groups is 2. The molecule has 0 aliphatic heterocycles. The first kappa shape index (κ1) is 17.0. The summed E-state index contributed by atoms with van der Waals surface area (Å²) in [6, 6.07) is 14.0. The number of para-hydroxylation sites is 1. The molecular formula is C19H16ClNO4. The Bertz CT molecular complexity index is 944. The smallest absolute Gasteiger partial charge is 0.307 e. The minimum Gasteiger partial charge on any atom is -0.481 e. The first-order valence-corrected chi connectivity index (χ1v) is 8.08. The Labute approximate surface area is 149 Å². The van der Waals surface area contributed by atoms with Crippen molar-refractivity contribution in [1.29, 1.82) is 0 Å². The molecule has 128 valence electrons. The maximum Gasteiger partial charge on any atom is 0.307 e. The highest BCUT2D eigenvalue weighted by molar-refractivity contribution is 6.30. The number of halogens is 1. The molecule has 0 unspecified atom stereocenters. The zero-order valence-corrected chi connectivity index (χ0v) is 14.3. The number of carboxylic acids is 1. The van der Waals surface area contributed by atoms with Crippen LogP contribution in [0, 0.1) is 6.92 Å². The van der Waals surface area contributed by atoms with Crippen LogP contribution >= 0.6 is 11.6 Å². The normalized spacial score (nSPS) is 10.8. The lowest BCUT2D eigenvalue weighted by Crippen LogP contribution is -2.21. The Morgan fingerprint density at radius 3 is 2.48 bits per heavy atom. The zero-order valence-electron chi connectivity index (χ0n) is 13.5. The van der Waals surface area contributed by atoms with Gasteiger partial charge < -0.3 is 9.94 Å². The van der Waals surface area contributed by atoms with Gasteiger partial charge in [0.2, 0.25) is 5.78 Å². The van der Waals surface area contributed by atoms with Crippen molar-refractivity contribution in [1.82, 2.24) is 4.73 Å². The second-order valence-corrected chi connectivity index (χ2v) is 6.09. The van der Waals surface area contributed by atoms with Crippen LogP contribution in [0.3, 0.4) is 0 Å². The summed E-state index contributed by atoms with van der Waals surface area (Å²) in [7, 11) is 0. The quantitative estimate of drug-likeness (QED) is 0.685. The number of aliphatic carboxylic acids is 1. The number of hydrogen-bond donors (Lipinski definition) is 1. The fourth-order valence-corrected chi connectivity index (χ4v) is 2.91. The second kappa shape index (κ2) is 6.99. The van der Waals surface area contributed by atoms with Crippen LogP contribution in [0.5, 0.6) is 0 Å². The number of benzene rings is 2. The van der Waals surface area contributed by atoms with Crippen molar-refractivity contribution in [3.8, 4) is 0 Å². The Morgan fingerprint density at radius 1 is 1.12 bits per heavy atom. The monoisotopic (exact) mass is 357 g/mol. The van der Waals surface area contributed by atoms with Gasteiger partial charge in [-0.3, -0.25) is 9.59 Å². The molecule has 1 aromatic heterocycles. The van der Waals surface area contributed by atoms with Gasteiger partial charge in [0.15, 0.2) is 6.61 Å². The van der Waals surface area contributed by atoms with Crippen LogP contribution in [-0.2, 0) is 11.2 Å². The molecule has 3 aromatic rings. The topological polar surface area (TPSA) is 68.5 Å². The van der Waals surface area contributed by atoms with Crippen LogP contribution in [0.4, 0.5) is 0 Å². The van der Waals surface area contributed by atoms with Crippen LogP contribution in [0.1, 0.15) is 21.6 Å². The summed E-state index contributed by atoms with van der Waals surface area (Å²) in [5, 5.41) is 10.5. The Hall–Kier alpha value is -2.79. The lowest BCUT2D eigenvalue weighted by atomic mass is 10.1. The molecule has 6 heteroatoms. The molecule has 0 bridgehead atoms. The number of nitrogens with zero attached hydrogens (tertiary/aromatic N) is 1. The van der Waals surface area contributed by atoms with E-state index in [2.05, 4.69) is 0 Å². The minimum atomic E-state index is -0.914. The Morgan fingerprint density at radius 2 is 1.80 bits per heavy atom. The summed E-state index contributed by atoms with van der Waals surface area (Å²) in [4.78, 5) is 29.1. The van der Waals surface area contributed by atoms with Crippen molar-refractivity contribution in [2.75, 3.05) is 6.61 Å². The van der Waals surface area contributed by atoms with Crippen LogP contribution in [0.25, 0.3) is 10.9 Å². The molecule has 5 nitrogen and oxygen atoms in total. The van der Waals surface area contributed by atoms with Gasteiger partial charge in [-0.25, -0.2) is 0 Å². The van der Waals surface area contributed by atoms with Crippen molar-refractivity contribution >= 4 is 34.3 Å². The van der Waals surface area contributed by atoms with E-state index < -0.39 is 5.97 Å². The molecule has 3 rings (SSSR count). The van der Waals surface area contributed by atoms with E-state index >= 15 is 0 Å². The van der Waals surface area contributed by atoms with Gasteiger partial charge in [0.05, 0.1) is 17.6 Å². The summed E-state index contributed by atoms with van der Waals surface area (Å²) in [6.45, 7) is 1.62. The Balaban J connectivity index is 1.88. The van der Waals surface area contributed by atoms with Crippen molar-refractivity contribution < 1.29 is 19.5 Å². The van der Waals surface area contributed by atoms with Crippen LogP contribution in [-0.4, -0.2) is 28.2 Å². The fraction of sp³-hybridized carbons (Fsp3) is 0.158. The number of hydrogen-bond acceptors (Lipinski definition) is 3. The molecule has 0 radical (unpaired) electrons. The predicted molar refractivity (Wildman–Crippen MR) is 95.2 cm³/mol. The third kappa shape index (κ3) is 3.51. The lowest BCUT2D eigenvalue weighted by Gasteiger charge is -2.10. The highest BCUT2D eigenvalue weighted by Gasteiger charge is 2.18. The number of aromatic nitrogens is 1. The van der Waals surface area contributed by atoms with Gasteiger partial charge in [0, 0.05) is 16.0 Å². The lowest BCUT2D eigenvalue weighted by molar-refractivity contribution is -0.136. The molecule has 0 spiro atoms. The standard InChI is InChI=1S/C19H16ClNO4/c1-12-16(10-19(23)24)15-4-2-3-5-17(15)21(12)25-11-18(22)13-6-8-14(20)9-7-13/h2-9H,10-11H2,1H3,(H,23,24). The molecule has 1 heterocycles. The van der Waals surface area contributed by atoms with Crippen molar-refractivity contribution in [3.63, 3.8) is 0 Å². The maximum absolute atomic E-state index is 12.3. The van der Waals surface area contributed by atoms with E-state index in [1.165, 1.54) is 4.73 Å². The van der Waals surface area contributed by atoms with Crippen LogP contribution < -0.4 is 4.84 Å². The van der Waals surface area contributed by atoms with E-state index in [-0.39, 0.29) is 18.8 Å². The third-order valence-electron chi connectivity index (χ3n) is 4.01. The number of carbonyl (C=O) groups excluding carboxylic acids is 1. The summed E-state index contributed by atoms with van der Waals surface area (Å²) < 4.78 is 1.53. The van der Waals surface area contributed by atoms with Gasteiger partial charge in [0.1, 0.15) is 0 Å². The molecule has 0 saturated heterocycles. The third-order valence-corrected chi connectivity index (χ3v) is 4.26. The van der Waals surface area contributed by atoms with Gasteiger partial charge in [-0.1, -0.05) is 29.8 Å². The number of Topliss-reactive ketones (excluding diaryl/α,β-unsaturated/α-hetero) is 1. The molecule has 0 aliphatic carbocycles. The van der Waals surface area contributed by atoms with E-state index in [0.717, 1.165) is 10.9 Å². The molecule has 0 amide bonds.